The third-order valence-corrected chi connectivity index (χ3v) is 5.10. The summed E-state index contributed by atoms with van der Waals surface area (Å²) in [5.74, 6) is -0.0875. The van der Waals surface area contributed by atoms with E-state index in [2.05, 4.69) is 5.32 Å². The molecule has 0 unspecified atom stereocenters. The van der Waals surface area contributed by atoms with Gasteiger partial charge < -0.3 is 9.47 Å². The van der Waals surface area contributed by atoms with Crippen LogP contribution >= 0.6 is 11.3 Å². The lowest BCUT2D eigenvalue weighted by Crippen LogP contribution is -2.27. The van der Waals surface area contributed by atoms with Gasteiger partial charge in [0.15, 0.2) is 5.78 Å². The van der Waals surface area contributed by atoms with E-state index in [-0.39, 0.29) is 5.78 Å². The zero-order valence-corrected chi connectivity index (χ0v) is 16.3. The van der Waals surface area contributed by atoms with Crippen LogP contribution in [0.25, 0.3) is 0 Å². The number of fused-ring (bicyclic) bond motifs is 1. The van der Waals surface area contributed by atoms with Crippen LogP contribution in [0.5, 0.6) is 0 Å². The molecule has 3 rings (SSSR count). The molecule has 0 spiro atoms. The van der Waals surface area contributed by atoms with E-state index in [0.29, 0.717) is 35.8 Å². The smallest absolute Gasteiger partial charge is 0.412 e. The maximum Gasteiger partial charge on any atom is 0.412 e. The van der Waals surface area contributed by atoms with Crippen LogP contribution in [-0.2, 0) is 22.5 Å². The number of amides is 1. The summed E-state index contributed by atoms with van der Waals surface area (Å²) in [4.78, 5) is 26.4. The van der Waals surface area contributed by atoms with E-state index in [9.17, 15) is 9.59 Å². The molecule has 2 heterocycles. The Balaban J connectivity index is 1.97. The SMILES string of the molecule is Cc1ccc(C(=O)c2c(NC(=O)OC(C)(C)C)sc3c2CCOC3)cc1. The first kappa shape index (κ1) is 18.6. The molecule has 1 amide bonds. The summed E-state index contributed by atoms with van der Waals surface area (Å²) >= 11 is 1.38. The average molecular weight is 373 g/mol. The number of aryl methyl sites for hydroxylation is 1. The highest BCUT2D eigenvalue weighted by Gasteiger charge is 2.28. The Labute approximate surface area is 157 Å². The van der Waals surface area contributed by atoms with Gasteiger partial charge in [0.25, 0.3) is 0 Å². The Morgan fingerprint density at radius 1 is 1.19 bits per heavy atom. The van der Waals surface area contributed by atoms with Crippen molar-refractivity contribution in [2.45, 2.75) is 46.3 Å². The molecule has 0 saturated carbocycles. The van der Waals surface area contributed by atoms with Crippen LogP contribution < -0.4 is 5.32 Å². The van der Waals surface area contributed by atoms with Crippen molar-refractivity contribution in [3.8, 4) is 0 Å². The standard InChI is InChI=1S/C20H23NO4S/c1-12-5-7-13(8-6-12)17(22)16-14-9-10-24-11-15(14)26-18(16)21-19(23)25-20(2,3)4/h5-8H,9-11H2,1-4H3,(H,21,23). The molecular formula is C20H23NO4S. The van der Waals surface area contributed by atoms with Crippen LogP contribution in [0.4, 0.5) is 9.80 Å². The lowest BCUT2D eigenvalue weighted by molar-refractivity contribution is 0.0636. The largest absolute Gasteiger partial charge is 0.444 e. The molecule has 0 aliphatic carbocycles. The third kappa shape index (κ3) is 4.14. The van der Waals surface area contributed by atoms with Gasteiger partial charge in [-0.25, -0.2) is 4.79 Å². The normalized spacial score (nSPS) is 13.8. The second-order valence-electron chi connectivity index (χ2n) is 7.33. The molecule has 0 radical (unpaired) electrons. The topological polar surface area (TPSA) is 64.6 Å². The molecule has 0 bridgehead atoms. The predicted molar refractivity (Wildman–Crippen MR) is 102 cm³/mol. The first-order chi connectivity index (χ1) is 12.2. The molecule has 26 heavy (non-hydrogen) atoms. The summed E-state index contributed by atoms with van der Waals surface area (Å²) < 4.78 is 10.9. The number of hydrogen-bond donors (Lipinski definition) is 1. The van der Waals surface area contributed by atoms with Crippen molar-refractivity contribution >= 4 is 28.2 Å². The fourth-order valence-corrected chi connectivity index (χ4v) is 3.97. The third-order valence-electron chi connectivity index (χ3n) is 3.98. The van der Waals surface area contributed by atoms with E-state index < -0.39 is 11.7 Å². The molecule has 1 aromatic heterocycles. The zero-order chi connectivity index (χ0) is 18.9. The van der Waals surface area contributed by atoms with Crippen LogP contribution in [0.1, 0.15) is 52.7 Å². The Morgan fingerprint density at radius 2 is 1.88 bits per heavy atom. The first-order valence-corrected chi connectivity index (χ1v) is 9.40. The maximum atomic E-state index is 13.2. The van der Waals surface area contributed by atoms with E-state index in [0.717, 1.165) is 16.0 Å². The van der Waals surface area contributed by atoms with Crippen LogP contribution in [0.2, 0.25) is 0 Å². The van der Waals surface area contributed by atoms with Gasteiger partial charge in [-0.1, -0.05) is 29.8 Å². The molecule has 138 valence electrons. The van der Waals surface area contributed by atoms with Crippen LogP contribution in [0.15, 0.2) is 24.3 Å². The number of thiophene rings is 1. The minimum atomic E-state index is -0.606. The van der Waals surface area contributed by atoms with Gasteiger partial charge in [0.05, 0.1) is 18.8 Å². The molecule has 2 aromatic rings. The quantitative estimate of drug-likeness (QED) is 0.792. The number of benzene rings is 1. The van der Waals surface area contributed by atoms with E-state index in [4.69, 9.17) is 9.47 Å². The molecule has 0 atom stereocenters. The van der Waals surface area contributed by atoms with Gasteiger partial charge in [0.2, 0.25) is 0 Å². The lowest BCUT2D eigenvalue weighted by atomic mass is 9.97. The van der Waals surface area contributed by atoms with Crippen LogP contribution in [0.3, 0.4) is 0 Å². The highest BCUT2D eigenvalue weighted by atomic mass is 32.1. The number of hydrogen-bond acceptors (Lipinski definition) is 5. The summed E-state index contributed by atoms with van der Waals surface area (Å²) in [6.07, 6.45) is 0.101. The van der Waals surface area contributed by atoms with Crippen LogP contribution in [0, 0.1) is 6.92 Å². The monoisotopic (exact) mass is 373 g/mol. The molecule has 0 saturated heterocycles. The van der Waals surface area contributed by atoms with Crippen molar-refractivity contribution in [2.24, 2.45) is 0 Å². The van der Waals surface area contributed by atoms with Crippen molar-refractivity contribution in [3.63, 3.8) is 0 Å². The predicted octanol–water partition coefficient (Wildman–Crippen LogP) is 4.71. The Bertz CT molecular complexity index is 831. The highest BCUT2D eigenvalue weighted by Crippen LogP contribution is 2.38. The summed E-state index contributed by atoms with van der Waals surface area (Å²) in [6, 6.07) is 7.46. The molecule has 5 nitrogen and oxygen atoms in total. The average Bonchev–Trinajstić information content (AvgIpc) is 2.90. The van der Waals surface area contributed by atoms with Gasteiger partial charge in [0, 0.05) is 10.4 Å². The molecule has 0 fully saturated rings. The zero-order valence-electron chi connectivity index (χ0n) is 15.5. The van der Waals surface area contributed by atoms with Crippen molar-refractivity contribution in [1.29, 1.82) is 0 Å². The summed E-state index contributed by atoms with van der Waals surface area (Å²) in [7, 11) is 0. The number of carbonyl (C=O) groups excluding carboxylic acids is 2. The van der Waals surface area contributed by atoms with Crippen LogP contribution in [-0.4, -0.2) is 24.1 Å². The number of ketones is 1. The minimum Gasteiger partial charge on any atom is -0.444 e. The second-order valence-corrected chi connectivity index (χ2v) is 8.44. The number of rotatable bonds is 3. The van der Waals surface area contributed by atoms with Crippen molar-refractivity contribution in [1.82, 2.24) is 0 Å². The molecular weight excluding hydrogens is 350 g/mol. The number of ether oxygens (including phenoxy) is 2. The van der Waals surface area contributed by atoms with Gasteiger partial charge in [-0.15, -0.1) is 11.3 Å². The van der Waals surface area contributed by atoms with Crippen molar-refractivity contribution in [2.75, 3.05) is 11.9 Å². The van der Waals surface area contributed by atoms with Crippen molar-refractivity contribution < 1.29 is 19.1 Å². The fourth-order valence-electron chi connectivity index (χ4n) is 2.81. The lowest BCUT2D eigenvalue weighted by Gasteiger charge is -2.19. The second kappa shape index (κ2) is 7.21. The molecule has 1 aromatic carbocycles. The van der Waals surface area contributed by atoms with Gasteiger partial charge in [-0.2, -0.15) is 0 Å². The summed E-state index contributed by atoms with van der Waals surface area (Å²) in [6.45, 7) is 8.43. The summed E-state index contributed by atoms with van der Waals surface area (Å²) in [5, 5.41) is 3.30. The van der Waals surface area contributed by atoms with Gasteiger partial charge >= 0.3 is 6.09 Å². The van der Waals surface area contributed by atoms with Gasteiger partial charge in [-0.05, 0) is 39.7 Å². The molecule has 1 aliphatic rings. The highest BCUT2D eigenvalue weighted by molar-refractivity contribution is 7.17. The van der Waals surface area contributed by atoms with Crippen molar-refractivity contribution in [3.05, 3.63) is 51.4 Å². The molecule has 1 N–H and O–H groups in total. The van der Waals surface area contributed by atoms with E-state index in [1.165, 1.54) is 11.3 Å². The number of anilines is 1. The molecule has 6 heteroatoms. The Morgan fingerprint density at radius 3 is 2.54 bits per heavy atom. The van der Waals surface area contributed by atoms with E-state index in [1.807, 2.05) is 31.2 Å². The van der Waals surface area contributed by atoms with E-state index in [1.54, 1.807) is 20.8 Å². The first-order valence-electron chi connectivity index (χ1n) is 8.58. The molecule has 1 aliphatic heterocycles. The van der Waals surface area contributed by atoms with Gasteiger partial charge in [0.1, 0.15) is 10.6 Å². The van der Waals surface area contributed by atoms with Gasteiger partial charge in [-0.3, -0.25) is 10.1 Å². The maximum absolute atomic E-state index is 13.2. The Hall–Kier alpha value is -2.18. The number of carbonyl (C=O) groups is 2. The summed E-state index contributed by atoms with van der Waals surface area (Å²) in [5.41, 5.74) is 2.62. The Kier molecular flexibility index (Phi) is 5.16. The number of nitrogens with one attached hydrogen (secondary N) is 1. The fraction of sp³-hybridized carbons (Fsp3) is 0.400. The minimum absolute atomic E-state index is 0.0875. The van der Waals surface area contributed by atoms with E-state index >= 15 is 0 Å².